The molecule has 0 atom stereocenters. The summed E-state index contributed by atoms with van der Waals surface area (Å²) in [5, 5.41) is 38.0. The number of rotatable bonds is 14. The lowest BCUT2D eigenvalue weighted by Gasteiger charge is -2.17. The van der Waals surface area contributed by atoms with Crippen LogP contribution in [0.25, 0.3) is 0 Å². The van der Waals surface area contributed by atoms with Gasteiger partial charge in [-0.15, -0.1) is 0 Å². The van der Waals surface area contributed by atoms with Gasteiger partial charge >= 0.3 is 19.8 Å². The second kappa shape index (κ2) is 25.0. The van der Waals surface area contributed by atoms with E-state index in [1.807, 2.05) is 0 Å². The topological polar surface area (TPSA) is 191 Å². The van der Waals surface area contributed by atoms with Gasteiger partial charge in [-0.1, -0.05) is 5.16 Å². The molecule has 0 heterocycles. The first-order chi connectivity index (χ1) is 28.7. The number of hydrogen-bond acceptors (Lipinski definition) is 13. The number of nitrogens with zero attached hydrogens (tertiary/aromatic N) is 1. The maximum Gasteiger partial charge on any atom is 0.387 e. The van der Waals surface area contributed by atoms with Gasteiger partial charge in [0.05, 0.1) is 18.4 Å². The molecule has 4 aromatic rings. The Morgan fingerprint density at radius 1 is 0.483 bits per heavy atom. The van der Waals surface area contributed by atoms with E-state index in [1.54, 1.807) is 0 Å². The Morgan fingerprint density at radius 3 is 1.25 bits per heavy atom. The SMILES string of the molecule is O/N=C/c1ccc(OC(F)F)c(OC2CCCC2)c1.O=Cc1ccc(O)c(O)c1.O=Cc1ccc(OC(F)F)c(O)c1.O=Cc1ccc(OC(F)F)c(OC2CCCC2)c1. The van der Waals surface area contributed by atoms with Crippen LogP contribution in [-0.2, 0) is 0 Å². The van der Waals surface area contributed by atoms with Crippen molar-refractivity contribution in [1.29, 1.82) is 0 Å². The average molecular weight is 854 g/mol. The Bertz CT molecular complexity index is 1990. The number of aromatic hydroxyl groups is 3. The van der Waals surface area contributed by atoms with Crippen molar-refractivity contribution in [2.45, 2.75) is 83.4 Å². The minimum absolute atomic E-state index is 0.00279. The number of hydrogen-bond donors (Lipinski definition) is 4. The molecule has 2 fully saturated rings. The van der Waals surface area contributed by atoms with Crippen molar-refractivity contribution in [2.24, 2.45) is 5.16 Å². The van der Waals surface area contributed by atoms with E-state index >= 15 is 0 Å². The Kier molecular flexibility index (Phi) is 19.9. The van der Waals surface area contributed by atoms with Crippen molar-refractivity contribution >= 4 is 25.1 Å². The summed E-state index contributed by atoms with van der Waals surface area (Å²) in [5.41, 5.74) is 1.47. The highest BCUT2D eigenvalue weighted by molar-refractivity contribution is 5.80. The number of alkyl halides is 6. The summed E-state index contributed by atoms with van der Waals surface area (Å²) < 4.78 is 96.6. The van der Waals surface area contributed by atoms with E-state index in [0.717, 1.165) is 63.5 Å². The standard InChI is InChI=1S/C13H15F2NO3.C13H14F2O3.C8H6F2O3.C7H6O3/c14-13(15)19-11-6-5-9(8-16-17)7-12(11)18-10-3-1-2-4-10;14-13(15)18-11-6-5-9(8-16)7-12(11)17-10-3-1-2-4-10;9-8(10)13-7-2-1-5(4-11)3-6(7)12;8-4-5-1-2-6(9)7(10)3-5/h5-8,10,13,17H,1-4H2;5-8,10,13H,1-4H2;1-4,8,12H;1-4,9-10H/b16-8+;;;. The molecule has 0 unspecified atom stereocenters. The first-order valence-electron chi connectivity index (χ1n) is 18.1. The number of halogens is 6. The zero-order chi connectivity index (χ0) is 44.0. The summed E-state index contributed by atoms with van der Waals surface area (Å²) in [6, 6.07) is 15.9. The molecule has 2 aliphatic carbocycles. The minimum Gasteiger partial charge on any atom is -0.504 e. The lowest BCUT2D eigenvalue weighted by atomic mass is 10.2. The highest BCUT2D eigenvalue weighted by Crippen LogP contribution is 2.35. The molecular formula is C41H41F6NO12. The molecule has 2 saturated carbocycles. The summed E-state index contributed by atoms with van der Waals surface area (Å²) in [7, 11) is 0. The van der Waals surface area contributed by atoms with Crippen molar-refractivity contribution in [2.75, 3.05) is 0 Å². The number of aldehydes is 3. The first-order valence-corrected chi connectivity index (χ1v) is 18.1. The smallest absolute Gasteiger partial charge is 0.387 e. The molecule has 0 aliphatic heterocycles. The summed E-state index contributed by atoms with van der Waals surface area (Å²) in [5.74, 6) is -0.878. The Balaban J connectivity index is 0.000000220. The maximum atomic E-state index is 12.3. The van der Waals surface area contributed by atoms with Crippen LogP contribution in [0.3, 0.4) is 0 Å². The molecule has 0 spiro atoms. The summed E-state index contributed by atoms with van der Waals surface area (Å²) >= 11 is 0. The molecule has 2 aliphatic rings. The van der Waals surface area contributed by atoms with Gasteiger partial charge in [-0.3, -0.25) is 14.4 Å². The van der Waals surface area contributed by atoms with Crippen molar-refractivity contribution in [3.8, 4) is 46.0 Å². The molecule has 0 bridgehead atoms. The number of ether oxygens (including phenoxy) is 5. The van der Waals surface area contributed by atoms with Crippen LogP contribution in [0.15, 0.2) is 78.0 Å². The van der Waals surface area contributed by atoms with Gasteiger partial charge in [-0.05, 0) is 124 Å². The number of phenolic OH excluding ortho intramolecular Hbond substituents is 3. The van der Waals surface area contributed by atoms with Gasteiger partial charge in [0.25, 0.3) is 0 Å². The van der Waals surface area contributed by atoms with Crippen LogP contribution >= 0.6 is 0 Å². The molecule has 324 valence electrons. The minimum atomic E-state index is -2.99. The molecule has 6 rings (SSSR count). The van der Waals surface area contributed by atoms with Gasteiger partial charge in [-0.25, -0.2) is 0 Å². The summed E-state index contributed by atoms with van der Waals surface area (Å²) in [6.07, 6.45) is 10.9. The summed E-state index contributed by atoms with van der Waals surface area (Å²) in [4.78, 5) is 31.0. The Morgan fingerprint density at radius 2 is 0.850 bits per heavy atom. The van der Waals surface area contributed by atoms with Crippen LogP contribution < -0.4 is 23.7 Å². The first kappa shape index (κ1) is 47.7. The maximum absolute atomic E-state index is 12.3. The van der Waals surface area contributed by atoms with E-state index in [9.17, 15) is 40.7 Å². The molecule has 4 N–H and O–H groups in total. The predicted molar refractivity (Wildman–Crippen MR) is 202 cm³/mol. The second-order valence-corrected chi connectivity index (χ2v) is 12.7. The van der Waals surface area contributed by atoms with Crippen molar-refractivity contribution in [1.82, 2.24) is 0 Å². The number of benzene rings is 4. The zero-order valence-electron chi connectivity index (χ0n) is 31.6. The number of carbonyl (C=O) groups is 3. The number of carbonyl (C=O) groups excluding carboxylic acids is 3. The van der Waals surface area contributed by atoms with Gasteiger partial charge in [-0.2, -0.15) is 26.3 Å². The quantitative estimate of drug-likeness (QED) is 0.0235. The van der Waals surface area contributed by atoms with Gasteiger partial charge in [0.2, 0.25) is 0 Å². The molecular weight excluding hydrogens is 812 g/mol. The van der Waals surface area contributed by atoms with Gasteiger partial charge in [0, 0.05) is 22.3 Å². The van der Waals surface area contributed by atoms with Gasteiger partial charge in [0.1, 0.15) is 18.9 Å². The van der Waals surface area contributed by atoms with Crippen LogP contribution in [0.1, 0.15) is 88.0 Å². The third-order valence-corrected chi connectivity index (χ3v) is 8.37. The van der Waals surface area contributed by atoms with Gasteiger partial charge in [0.15, 0.2) is 46.0 Å². The van der Waals surface area contributed by atoms with E-state index in [2.05, 4.69) is 19.4 Å². The fraction of sp³-hybridized carbons (Fsp3) is 0.317. The lowest BCUT2D eigenvalue weighted by Crippen LogP contribution is -2.13. The predicted octanol–water partition coefficient (Wildman–Crippen LogP) is 9.56. The third-order valence-electron chi connectivity index (χ3n) is 8.37. The van der Waals surface area contributed by atoms with Crippen molar-refractivity contribution < 1.29 is 84.9 Å². The third kappa shape index (κ3) is 16.7. The van der Waals surface area contributed by atoms with Crippen LogP contribution in [0.2, 0.25) is 0 Å². The van der Waals surface area contributed by atoms with E-state index in [4.69, 9.17) is 30.0 Å². The van der Waals surface area contributed by atoms with E-state index in [1.165, 1.54) is 66.9 Å². The Labute approximate surface area is 339 Å². The highest BCUT2D eigenvalue weighted by atomic mass is 19.3. The van der Waals surface area contributed by atoms with E-state index in [0.29, 0.717) is 35.5 Å². The molecule has 19 heteroatoms. The largest absolute Gasteiger partial charge is 0.504 e. The zero-order valence-corrected chi connectivity index (χ0v) is 31.6. The van der Waals surface area contributed by atoms with Crippen molar-refractivity contribution in [3.63, 3.8) is 0 Å². The molecule has 13 nitrogen and oxygen atoms in total. The van der Waals surface area contributed by atoms with Crippen LogP contribution in [-0.4, -0.2) is 77.6 Å². The monoisotopic (exact) mass is 853 g/mol. The highest BCUT2D eigenvalue weighted by Gasteiger charge is 2.21. The molecule has 0 saturated heterocycles. The van der Waals surface area contributed by atoms with Crippen molar-refractivity contribution in [3.05, 3.63) is 95.1 Å². The van der Waals surface area contributed by atoms with Crippen LogP contribution in [0.4, 0.5) is 26.3 Å². The number of phenols is 3. The van der Waals surface area contributed by atoms with E-state index < -0.39 is 25.6 Å². The Hall–Kier alpha value is -6.66. The molecule has 4 aromatic carbocycles. The molecule has 0 radical (unpaired) electrons. The van der Waals surface area contributed by atoms with Gasteiger partial charge < -0.3 is 44.2 Å². The lowest BCUT2D eigenvalue weighted by molar-refractivity contribution is -0.0526. The summed E-state index contributed by atoms with van der Waals surface area (Å²) in [6.45, 7) is -8.80. The second-order valence-electron chi connectivity index (χ2n) is 12.7. The molecule has 0 aromatic heterocycles. The molecule has 0 amide bonds. The fourth-order valence-electron chi connectivity index (χ4n) is 5.63. The normalized spacial score (nSPS) is 13.7. The fourth-order valence-corrected chi connectivity index (χ4v) is 5.63. The average Bonchev–Trinajstić information content (AvgIpc) is 3.94. The molecule has 60 heavy (non-hydrogen) atoms. The number of oxime groups is 1. The van der Waals surface area contributed by atoms with Crippen LogP contribution in [0, 0.1) is 0 Å². The van der Waals surface area contributed by atoms with E-state index in [-0.39, 0.29) is 58.0 Å². The van der Waals surface area contributed by atoms with Crippen LogP contribution in [0.5, 0.6) is 46.0 Å².